The highest BCUT2D eigenvalue weighted by atomic mass is 35.5. The van der Waals surface area contributed by atoms with E-state index in [1.165, 1.54) is 0 Å². The third-order valence-corrected chi connectivity index (χ3v) is 5.51. The van der Waals surface area contributed by atoms with Gasteiger partial charge in [0.25, 0.3) is 0 Å². The number of sulfone groups is 1. The number of halogens is 1. The van der Waals surface area contributed by atoms with Gasteiger partial charge in [0.05, 0.1) is 15.2 Å². The molecular weight excluding hydrogens is 258 g/mol. The molecule has 2 unspecified atom stereocenters. The molecule has 5 heteroatoms. The molecule has 0 bridgehead atoms. The molecule has 0 fully saturated rings. The van der Waals surface area contributed by atoms with Crippen molar-refractivity contribution in [3.63, 3.8) is 0 Å². The van der Waals surface area contributed by atoms with Gasteiger partial charge in [-0.05, 0) is 39.4 Å². The first-order valence-electron chi connectivity index (χ1n) is 5.55. The Hall–Kier alpha value is -0.580. The molecule has 96 valence electrons. The lowest BCUT2D eigenvalue weighted by atomic mass is 10.2. The molecule has 0 aliphatic carbocycles. The Morgan fingerprint density at radius 2 is 1.88 bits per heavy atom. The average molecular weight is 276 g/mol. The molecule has 17 heavy (non-hydrogen) atoms. The molecule has 2 atom stereocenters. The van der Waals surface area contributed by atoms with E-state index in [2.05, 4.69) is 5.32 Å². The topological polar surface area (TPSA) is 46.2 Å². The first-order valence-corrected chi connectivity index (χ1v) is 7.47. The number of hydrogen-bond acceptors (Lipinski definition) is 3. The summed E-state index contributed by atoms with van der Waals surface area (Å²) in [7, 11) is -1.53. The van der Waals surface area contributed by atoms with Gasteiger partial charge in [0.2, 0.25) is 0 Å². The molecule has 0 radical (unpaired) electrons. The molecule has 0 saturated carbocycles. The van der Waals surface area contributed by atoms with Gasteiger partial charge < -0.3 is 5.32 Å². The van der Waals surface area contributed by atoms with Crippen LogP contribution in [0.5, 0.6) is 0 Å². The molecule has 1 aromatic rings. The smallest absolute Gasteiger partial charge is 0.182 e. The zero-order valence-corrected chi connectivity index (χ0v) is 11.8. The van der Waals surface area contributed by atoms with E-state index < -0.39 is 15.1 Å². The van der Waals surface area contributed by atoms with Gasteiger partial charge >= 0.3 is 0 Å². The van der Waals surface area contributed by atoms with Gasteiger partial charge in [-0.1, -0.05) is 23.7 Å². The van der Waals surface area contributed by atoms with Gasteiger partial charge in [-0.15, -0.1) is 0 Å². The third kappa shape index (κ3) is 3.44. The minimum atomic E-state index is -3.35. The quantitative estimate of drug-likeness (QED) is 0.898. The lowest BCUT2D eigenvalue weighted by molar-refractivity contribution is 0.530. The first-order chi connectivity index (χ1) is 7.89. The molecule has 0 amide bonds. The molecule has 1 rings (SSSR count). The Kier molecular flexibility index (Phi) is 4.98. The van der Waals surface area contributed by atoms with Gasteiger partial charge in [-0.2, -0.15) is 0 Å². The summed E-state index contributed by atoms with van der Waals surface area (Å²) in [6, 6.07) is 6.72. The molecule has 0 aliphatic heterocycles. The predicted molar refractivity (Wildman–Crippen MR) is 71.2 cm³/mol. The summed E-state index contributed by atoms with van der Waals surface area (Å²) in [5.41, 5.74) is 0. The Balaban J connectivity index is 3.00. The second-order valence-electron chi connectivity index (χ2n) is 4.21. The van der Waals surface area contributed by atoms with E-state index in [0.717, 1.165) is 0 Å². The van der Waals surface area contributed by atoms with Crippen molar-refractivity contribution in [1.29, 1.82) is 0 Å². The highest BCUT2D eigenvalue weighted by Gasteiger charge is 2.26. The summed E-state index contributed by atoms with van der Waals surface area (Å²) in [6.45, 7) is 3.67. The van der Waals surface area contributed by atoms with Crippen molar-refractivity contribution >= 4 is 21.4 Å². The maximum absolute atomic E-state index is 12.3. The maximum atomic E-state index is 12.3. The summed E-state index contributed by atoms with van der Waals surface area (Å²) in [4.78, 5) is 0.220. The number of hydrogen-bond donors (Lipinski definition) is 1. The van der Waals surface area contributed by atoms with Crippen molar-refractivity contribution < 1.29 is 8.42 Å². The molecule has 0 aliphatic rings. The van der Waals surface area contributed by atoms with E-state index in [1.807, 2.05) is 14.0 Å². The summed E-state index contributed by atoms with van der Waals surface area (Å²) < 4.78 is 24.6. The molecule has 1 aromatic carbocycles. The lowest BCUT2D eigenvalue weighted by Crippen LogP contribution is -2.29. The van der Waals surface area contributed by atoms with Crippen LogP contribution >= 0.6 is 11.6 Å². The Morgan fingerprint density at radius 3 is 2.41 bits per heavy atom. The van der Waals surface area contributed by atoms with Crippen LogP contribution in [0.4, 0.5) is 0 Å². The van der Waals surface area contributed by atoms with Crippen LogP contribution in [0.2, 0.25) is 5.02 Å². The molecule has 0 saturated heterocycles. The van der Waals surface area contributed by atoms with Crippen molar-refractivity contribution in [2.24, 2.45) is 0 Å². The van der Waals surface area contributed by atoms with Gasteiger partial charge in [-0.25, -0.2) is 8.42 Å². The van der Waals surface area contributed by atoms with Crippen molar-refractivity contribution in [2.45, 2.75) is 36.5 Å². The minimum absolute atomic E-state index is 0.155. The second-order valence-corrected chi connectivity index (χ2v) is 6.95. The average Bonchev–Trinajstić information content (AvgIpc) is 2.29. The third-order valence-electron chi connectivity index (χ3n) is 2.85. The molecule has 1 N–H and O–H groups in total. The number of benzene rings is 1. The molecule has 0 heterocycles. The predicted octanol–water partition coefficient (Wildman–Crippen LogP) is 2.50. The lowest BCUT2D eigenvalue weighted by Gasteiger charge is -2.17. The van der Waals surface area contributed by atoms with Crippen molar-refractivity contribution in [1.82, 2.24) is 5.32 Å². The van der Waals surface area contributed by atoms with Crippen LogP contribution in [0, 0.1) is 0 Å². The van der Waals surface area contributed by atoms with Crippen LogP contribution in [0.25, 0.3) is 0 Å². The van der Waals surface area contributed by atoms with Crippen LogP contribution in [0.1, 0.15) is 20.3 Å². The van der Waals surface area contributed by atoms with Crippen LogP contribution < -0.4 is 5.32 Å². The highest BCUT2D eigenvalue weighted by molar-refractivity contribution is 7.92. The van der Waals surface area contributed by atoms with Crippen molar-refractivity contribution in [3.8, 4) is 0 Å². The molecule has 0 aromatic heterocycles. The number of rotatable bonds is 5. The van der Waals surface area contributed by atoms with E-state index in [-0.39, 0.29) is 16.0 Å². The first kappa shape index (κ1) is 14.5. The molecular formula is C12H18ClNO2S. The summed E-state index contributed by atoms with van der Waals surface area (Å²) >= 11 is 5.93. The Morgan fingerprint density at radius 1 is 1.29 bits per heavy atom. The van der Waals surface area contributed by atoms with Crippen LogP contribution in [0.15, 0.2) is 29.2 Å². The van der Waals surface area contributed by atoms with E-state index in [1.54, 1.807) is 31.2 Å². The highest BCUT2D eigenvalue weighted by Crippen LogP contribution is 2.26. The number of nitrogens with one attached hydrogen (secondary N) is 1. The van der Waals surface area contributed by atoms with Crippen LogP contribution in [-0.4, -0.2) is 26.8 Å². The largest absolute Gasteiger partial charge is 0.317 e. The molecule has 0 spiro atoms. The van der Waals surface area contributed by atoms with Gasteiger partial charge in [0.1, 0.15) is 0 Å². The van der Waals surface area contributed by atoms with E-state index in [0.29, 0.717) is 6.42 Å². The fourth-order valence-corrected chi connectivity index (χ4v) is 3.68. The summed E-state index contributed by atoms with van der Waals surface area (Å²) in [5.74, 6) is 0. The fraction of sp³-hybridized carbons (Fsp3) is 0.500. The van der Waals surface area contributed by atoms with Crippen molar-refractivity contribution in [3.05, 3.63) is 29.3 Å². The van der Waals surface area contributed by atoms with E-state index >= 15 is 0 Å². The zero-order valence-electron chi connectivity index (χ0n) is 10.3. The normalized spacial score (nSPS) is 15.5. The van der Waals surface area contributed by atoms with Crippen LogP contribution in [-0.2, 0) is 9.84 Å². The van der Waals surface area contributed by atoms with E-state index in [4.69, 9.17) is 11.6 Å². The van der Waals surface area contributed by atoms with Gasteiger partial charge in [0.15, 0.2) is 9.84 Å². The minimum Gasteiger partial charge on any atom is -0.317 e. The van der Waals surface area contributed by atoms with Gasteiger partial charge in [0, 0.05) is 6.04 Å². The SMILES string of the molecule is CNC(C)CC(C)S(=O)(=O)c1ccccc1Cl. The zero-order chi connectivity index (χ0) is 13.1. The summed E-state index contributed by atoms with van der Waals surface area (Å²) in [6.07, 6.45) is 0.560. The van der Waals surface area contributed by atoms with Crippen LogP contribution in [0.3, 0.4) is 0 Å². The Bertz CT molecular complexity index is 473. The maximum Gasteiger partial charge on any atom is 0.182 e. The van der Waals surface area contributed by atoms with Gasteiger partial charge in [-0.3, -0.25) is 0 Å². The standard InChI is InChI=1S/C12H18ClNO2S/c1-9(14-3)8-10(2)17(15,16)12-7-5-4-6-11(12)13/h4-7,9-10,14H,8H2,1-3H3. The molecule has 3 nitrogen and oxygen atoms in total. The van der Waals surface area contributed by atoms with Crippen molar-refractivity contribution in [2.75, 3.05) is 7.05 Å². The summed E-state index contributed by atoms with van der Waals surface area (Å²) in [5, 5.41) is 2.87. The Labute approximate surface area is 108 Å². The fourth-order valence-electron chi connectivity index (χ4n) is 1.63. The monoisotopic (exact) mass is 275 g/mol. The second kappa shape index (κ2) is 5.85. The van der Waals surface area contributed by atoms with E-state index in [9.17, 15) is 8.42 Å².